The zero-order valence-electron chi connectivity index (χ0n) is 14.4. The third kappa shape index (κ3) is 3.60. The van der Waals surface area contributed by atoms with E-state index < -0.39 is 0 Å². The van der Waals surface area contributed by atoms with Crippen LogP contribution in [-0.4, -0.2) is 40.1 Å². The number of rotatable bonds is 3. The summed E-state index contributed by atoms with van der Waals surface area (Å²) in [5.41, 5.74) is 2.45. The van der Waals surface area contributed by atoms with Gasteiger partial charge in [0.05, 0.1) is 0 Å². The molecule has 5 heteroatoms. The van der Waals surface area contributed by atoms with E-state index in [-0.39, 0.29) is 6.03 Å². The second kappa shape index (κ2) is 7.13. The summed E-state index contributed by atoms with van der Waals surface area (Å²) in [7, 11) is 0. The molecular formula is C20H24N4O. The van der Waals surface area contributed by atoms with Crippen molar-refractivity contribution in [3.63, 3.8) is 0 Å². The minimum Gasteiger partial charge on any atom is -0.338 e. The summed E-state index contributed by atoms with van der Waals surface area (Å²) in [5.74, 6) is 1.65. The lowest BCUT2D eigenvalue weighted by molar-refractivity contribution is 0.199. The molecule has 3 heterocycles. The first-order chi connectivity index (χ1) is 12.3. The van der Waals surface area contributed by atoms with E-state index >= 15 is 0 Å². The largest absolute Gasteiger partial charge is 0.338 e. The molecule has 4 rings (SSSR count). The van der Waals surface area contributed by atoms with Crippen LogP contribution >= 0.6 is 0 Å². The van der Waals surface area contributed by atoms with Crippen molar-refractivity contribution in [2.45, 2.75) is 25.8 Å². The number of carbonyl (C=O) groups is 1. The molecule has 0 saturated carbocycles. The molecule has 25 heavy (non-hydrogen) atoms. The molecule has 2 aliphatic rings. The van der Waals surface area contributed by atoms with E-state index in [0.29, 0.717) is 12.5 Å². The standard InChI is InChI=1S/C20H24N4O/c25-20(22-13-16-8-9-19-21-10-12-23(19)14-16)24-11-4-7-18(15-24)17-5-2-1-3-6-17/h1-3,5-7,10,12,16H,4,8-9,11,13-15H2,(H,22,25)/t16-/m0/s1. The number of urea groups is 1. The second-order valence-corrected chi connectivity index (χ2v) is 6.89. The van der Waals surface area contributed by atoms with Crippen molar-refractivity contribution >= 4 is 11.6 Å². The predicted octanol–water partition coefficient (Wildman–Crippen LogP) is 2.94. The summed E-state index contributed by atoms with van der Waals surface area (Å²) in [6.45, 7) is 3.16. The molecule has 5 nitrogen and oxygen atoms in total. The van der Waals surface area contributed by atoms with Gasteiger partial charge in [-0.25, -0.2) is 9.78 Å². The van der Waals surface area contributed by atoms with Crippen LogP contribution in [0.1, 0.15) is 24.2 Å². The van der Waals surface area contributed by atoms with Crippen LogP contribution in [0.5, 0.6) is 0 Å². The molecule has 1 aromatic carbocycles. The Kier molecular flexibility index (Phi) is 4.55. The summed E-state index contributed by atoms with van der Waals surface area (Å²) >= 11 is 0. The van der Waals surface area contributed by atoms with E-state index in [9.17, 15) is 4.79 Å². The smallest absolute Gasteiger partial charge is 0.317 e. The molecule has 130 valence electrons. The van der Waals surface area contributed by atoms with E-state index in [0.717, 1.165) is 44.7 Å². The second-order valence-electron chi connectivity index (χ2n) is 6.89. The number of carbonyl (C=O) groups excluding carboxylic acids is 1. The summed E-state index contributed by atoms with van der Waals surface area (Å²) in [4.78, 5) is 18.9. The van der Waals surface area contributed by atoms with Gasteiger partial charge < -0.3 is 14.8 Å². The summed E-state index contributed by atoms with van der Waals surface area (Å²) in [6.07, 6.45) is 9.15. The third-order valence-corrected chi connectivity index (χ3v) is 5.16. The van der Waals surface area contributed by atoms with Crippen molar-refractivity contribution in [2.24, 2.45) is 5.92 Å². The van der Waals surface area contributed by atoms with Crippen molar-refractivity contribution in [2.75, 3.05) is 19.6 Å². The normalized spacial score (nSPS) is 19.9. The van der Waals surface area contributed by atoms with E-state index in [4.69, 9.17) is 0 Å². The highest BCUT2D eigenvalue weighted by Gasteiger charge is 2.22. The minimum atomic E-state index is 0.0537. The molecule has 1 N–H and O–H groups in total. The molecule has 0 unspecified atom stereocenters. The lowest BCUT2D eigenvalue weighted by atomic mass is 9.99. The first-order valence-electron chi connectivity index (χ1n) is 9.07. The Labute approximate surface area is 148 Å². The zero-order valence-corrected chi connectivity index (χ0v) is 14.4. The van der Waals surface area contributed by atoms with Crippen LogP contribution in [0, 0.1) is 5.92 Å². The number of amides is 2. The Morgan fingerprint density at radius 1 is 1.28 bits per heavy atom. The van der Waals surface area contributed by atoms with Gasteiger partial charge in [-0.15, -0.1) is 0 Å². The first kappa shape index (κ1) is 15.9. The average Bonchev–Trinajstić information content (AvgIpc) is 3.15. The van der Waals surface area contributed by atoms with Gasteiger partial charge in [0.2, 0.25) is 0 Å². The molecule has 2 aromatic rings. The Bertz CT molecular complexity index is 765. The number of nitrogens with one attached hydrogen (secondary N) is 1. The highest BCUT2D eigenvalue weighted by molar-refractivity contribution is 5.78. The summed E-state index contributed by atoms with van der Waals surface area (Å²) in [5, 5.41) is 3.14. The topological polar surface area (TPSA) is 50.2 Å². The van der Waals surface area contributed by atoms with Gasteiger partial charge in [-0.3, -0.25) is 0 Å². The molecule has 0 saturated heterocycles. The van der Waals surface area contributed by atoms with Crippen molar-refractivity contribution in [1.29, 1.82) is 0 Å². The lowest BCUT2D eigenvalue weighted by Gasteiger charge is -2.29. The summed E-state index contributed by atoms with van der Waals surface area (Å²) in [6, 6.07) is 10.4. The van der Waals surface area contributed by atoms with Gasteiger partial charge in [-0.1, -0.05) is 36.4 Å². The van der Waals surface area contributed by atoms with E-state index in [1.54, 1.807) is 0 Å². The van der Waals surface area contributed by atoms with Crippen LogP contribution < -0.4 is 5.32 Å². The van der Waals surface area contributed by atoms with Crippen molar-refractivity contribution < 1.29 is 4.79 Å². The number of benzene rings is 1. The van der Waals surface area contributed by atoms with E-state index in [2.05, 4.69) is 33.1 Å². The molecule has 1 aromatic heterocycles. The van der Waals surface area contributed by atoms with Crippen molar-refractivity contribution in [1.82, 2.24) is 19.8 Å². The Balaban J connectivity index is 1.31. The third-order valence-electron chi connectivity index (χ3n) is 5.16. The number of hydrogen-bond acceptors (Lipinski definition) is 2. The molecule has 0 bridgehead atoms. The van der Waals surface area contributed by atoms with Crippen LogP contribution in [0.15, 0.2) is 48.8 Å². The minimum absolute atomic E-state index is 0.0537. The van der Waals surface area contributed by atoms with Gasteiger partial charge in [0.1, 0.15) is 5.82 Å². The van der Waals surface area contributed by atoms with Gasteiger partial charge in [0.15, 0.2) is 0 Å². The maximum absolute atomic E-state index is 12.6. The average molecular weight is 336 g/mol. The quantitative estimate of drug-likeness (QED) is 0.937. The number of aryl methyl sites for hydroxylation is 1. The number of imidazole rings is 1. The Morgan fingerprint density at radius 3 is 3.04 bits per heavy atom. The maximum Gasteiger partial charge on any atom is 0.317 e. The Morgan fingerprint density at radius 2 is 2.16 bits per heavy atom. The van der Waals surface area contributed by atoms with Gasteiger partial charge >= 0.3 is 6.03 Å². The van der Waals surface area contributed by atoms with Gasteiger partial charge in [0.25, 0.3) is 0 Å². The van der Waals surface area contributed by atoms with Crippen LogP contribution in [0.2, 0.25) is 0 Å². The molecule has 0 fully saturated rings. The zero-order chi connectivity index (χ0) is 17.1. The Hall–Kier alpha value is -2.56. The lowest BCUT2D eigenvalue weighted by Crippen LogP contribution is -2.44. The number of nitrogens with zero attached hydrogens (tertiary/aromatic N) is 3. The first-order valence-corrected chi connectivity index (χ1v) is 9.07. The van der Waals surface area contributed by atoms with E-state index in [1.807, 2.05) is 35.5 Å². The monoisotopic (exact) mass is 336 g/mol. The SMILES string of the molecule is O=C(NC[C@@H]1CCc2nccn2C1)N1CCC=C(c2ccccc2)C1. The highest BCUT2D eigenvalue weighted by Crippen LogP contribution is 2.21. The molecule has 1 atom stereocenters. The molecule has 0 radical (unpaired) electrons. The van der Waals surface area contributed by atoms with Crippen molar-refractivity contribution in [3.05, 3.63) is 60.2 Å². The fourth-order valence-electron chi connectivity index (χ4n) is 3.73. The van der Waals surface area contributed by atoms with Crippen molar-refractivity contribution in [3.8, 4) is 0 Å². The molecule has 0 aliphatic carbocycles. The fraction of sp³-hybridized carbons (Fsp3) is 0.400. The van der Waals surface area contributed by atoms with Crippen LogP contribution in [-0.2, 0) is 13.0 Å². The summed E-state index contributed by atoms with van der Waals surface area (Å²) < 4.78 is 2.21. The number of hydrogen-bond donors (Lipinski definition) is 1. The molecule has 2 amide bonds. The predicted molar refractivity (Wildman–Crippen MR) is 98.0 cm³/mol. The van der Waals surface area contributed by atoms with Gasteiger partial charge in [-0.05, 0) is 29.9 Å². The van der Waals surface area contributed by atoms with Crippen LogP contribution in [0.25, 0.3) is 5.57 Å². The molecular weight excluding hydrogens is 312 g/mol. The fourth-order valence-corrected chi connectivity index (χ4v) is 3.73. The van der Waals surface area contributed by atoms with Crippen LogP contribution in [0.4, 0.5) is 4.79 Å². The molecule has 2 aliphatic heterocycles. The number of fused-ring (bicyclic) bond motifs is 1. The van der Waals surface area contributed by atoms with E-state index in [1.165, 1.54) is 11.1 Å². The number of aromatic nitrogens is 2. The maximum atomic E-state index is 12.6. The van der Waals surface area contributed by atoms with Gasteiger partial charge in [-0.2, -0.15) is 0 Å². The molecule has 0 spiro atoms. The highest BCUT2D eigenvalue weighted by atomic mass is 16.2. The van der Waals surface area contributed by atoms with Crippen LogP contribution in [0.3, 0.4) is 0 Å². The van der Waals surface area contributed by atoms with Gasteiger partial charge in [0, 0.05) is 45.0 Å².